The fourth-order valence-corrected chi connectivity index (χ4v) is 6.36. The van der Waals surface area contributed by atoms with Crippen molar-refractivity contribution in [2.45, 2.75) is 23.8 Å². The van der Waals surface area contributed by atoms with Gasteiger partial charge in [0.1, 0.15) is 0 Å². The third-order valence-corrected chi connectivity index (χ3v) is 8.40. The van der Waals surface area contributed by atoms with Gasteiger partial charge in [-0.1, -0.05) is 42.5 Å². The Morgan fingerprint density at radius 3 is 2.16 bits per heavy atom. The van der Waals surface area contributed by atoms with Crippen LogP contribution in [0.25, 0.3) is 10.8 Å². The van der Waals surface area contributed by atoms with E-state index in [9.17, 15) is 18.0 Å². The molecule has 3 aromatic rings. The number of benzene rings is 3. The first-order valence-corrected chi connectivity index (χ1v) is 13.9. The number of amides is 3. The highest BCUT2D eigenvalue weighted by Crippen LogP contribution is 2.30. The molecule has 5 rings (SSSR count). The maximum Gasteiger partial charge on any atom is 0.320 e. The summed E-state index contributed by atoms with van der Waals surface area (Å²) < 4.78 is 35.0. The molecule has 2 fully saturated rings. The molecular formula is C27H30N4O5S. The van der Waals surface area contributed by atoms with Crippen molar-refractivity contribution in [3.8, 4) is 0 Å². The van der Waals surface area contributed by atoms with Crippen molar-refractivity contribution in [2.75, 3.05) is 44.7 Å². The molecule has 0 aromatic heterocycles. The summed E-state index contributed by atoms with van der Waals surface area (Å²) in [5.41, 5.74) is 1.06. The summed E-state index contributed by atoms with van der Waals surface area (Å²) in [6.45, 7) is 3.25. The standard InChI is InChI=1S/C27H30N4O5S/c32-26(20-6-2-1-3-7-20)28-24-10-4-9-23-22(24)8-5-11-25(23)37(34,35)29-21-12-14-30(15-13-21)27(33)31-16-18-36-19-17-31/h1-11,21,29H,12-19H2,(H,28,32). The molecule has 3 aromatic carbocycles. The Labute approximate surface area is 216 Å². The number of carbonyl (C=O) groups excluding carboxylic acids is 2. The second kappa shape index (κ2) is 10.9. The zero-order valence-electron chi connectivity index (χ0n) is 20.4. The molecular weight excluding hydrogens is 492 g/mol. The number of rotatable bonds is 5. The Bertz CT molecular complexity index is 1380. The summed E-state index contributed by atoms with van der Waals surface area (Å²) in [5, 5.41) is 4.07. The highest BCUT2D eigenvalue weighted by Gasteiger charge is 2.30. The molecule has 0 saturated carbocycles. The molecule has 2 N–H and O–H groups in total. The summed E-state index contributed by atoms with van der Waals surface area (Å²) in [7, 11) is -3.84. The highest BCUT2D eigenvalue weighted by atomic mass is 32.2. The van der Waals surface area contributed by atoms with Gasteiger partial charge in [-0.15, -0.1) is 0 Å². The van der Waals surface area contributed by atoms with Crippen LogP contribution in [-0.4, -0.2) is 75.6 Å². The van der Waals surface area contributed by atoms with Gasteiger partial charge in [-0.3, -0.25) is 4.79 Å². The molecule has 3 amide bonds. The summed E-state index contributed by atoms with van der Waals surface area (Å²) in [5.74, 6) is -0.266. The number of nitrogens with one attached hydrogen (secondary N) is 2. The van der Waals surface area contributed by atoms with Crippen LogP contribution in [0.2, 0.25) is 0 Å². The predicted molar refractivity (Wildman–Crippen MR) is 141 cm³/mol. The Morgan fingerprint density at radius 1 is 0.784 bits per heavy atom. The molecule has 0 aliphatic carbocycles. The number of anilines is 1. The fraction of sp³-hybridized carbons (Fsp3) is 0.333. The minimum absolute atomic E-state index is 0.0104. The molecule has 10 heteroatoms. The van der Waals surface area contributed by atoms with Crippen molar-refractivity contribution < 1.29 is 22.7 Å². The van der Waals surface area contributed by atoms with Crippen molar-refractivity contribution in [3.05, 3.63) is 72.3 Å². The van der Waals surface area contributed by atoms with Crippen LogP contribution in [0.1, 0.15) is 23.2 Å². The Hall–Kier alpha value is -3.47. The molecule has 0 atom stereocenters. The van der Waals surface area contributed by atoms with Gasteiger partial charge < -0.3 is 19.9 Å². The van der Waals surface area contributed by atoms with Crippen molar-refractivity contribution in [3.63, 3.8) is 0 Å². The molecule has 0 radical (unpaired) electrons. The average Bonchev–Trinajstić information content (AvgIpc) is 2.93. The number of hydrogen-bond acceptors (Lipinski definition) is 5. The lowest BCUT2D eigenvalue weighted by molar-refractivity contribution is 0.0410. The summed E-state index contributed by atoms with van der Waals surface area (Å²) >= 11 is 0. The predicted octanol–water partition coefficient (Wildman–Crippen LogP) is 3.29. The van der Waals surface area contributed by atoms with E-state index in [1.54, 1.807) is 70.5 Å². The second-order valence-corrected chi connectivity index (χ2v) is 10.9. The van der Waals surface area contributed by atoms with Crippen molar-refractivity contribution in [1.82, 2.24) is 14.5 Å². The average molecular weight is 523 g/mol. The number of sulfonamides is 1. The molecule has 9 nitrogen and oxygen atoms in total. The summed E-state index contributed by atoms with van der Waals surface area (Å²) in [4.78, 5) is 29.2. The summed E-state index contributed by atoms with van der Waals surface area (Å²) in [6, 6.07) is 18.9. The van der Waals surface area contributed by atoms with Crippen LogP contribution in [0.15, 0.2) is 71.6 Å². The third kappa shape index (κ3) is 5.61. The third-order valence-electron chi connectivity index (χ3n) is 6.82. The SMILES string of the molecule is O=C(Nc1cccc2c(S(=O)(=O)NC3CCN(C(=O)N4CCOCC4)CC3)cccc12)c1ccccc1. The number of fused-ring (bicyclic) bond motifs is 1. The molecule has 37 heavy (non-hydrogen) atoms. The van der Waals surface area contributed by atoms with Crippen LogP contribution < -0.4 is 10.0 Å². The summed E-state index contributed by atoms with van der Waals surface area (Å²) in [6.07, 6.45) is 1.08. The van der Waals surface area contributed by atoms with Crippen molar-refractivity contribution in [2.24, 2.45) is 0 Å². The van der Waals surface area contributed by atoms with E-state index >= 15 is 0 Å². The van der Waals surface area contributed by atoms with Crippen LogP contribution in [-0.2, 0) is 14.8 Å². The second-order valence-electron chi connectivity index (χ2n) is 9.24. The number of piperidine rings is 1. The van der Waals surface area contributed by atoms with E-state index < -0.39 is 10.0 Å². The van der Waals surface area contributed by atoms with E-state index in [-0.39, 0.29) is 22.9 Å². The normalized spacial score (nSPS) is 17.1. The Balaban J connectivity index is 1.29. The van der Waals surface area contributed by atoms with E-state index in [0.717, 1.165) is 0 Å². The number of likely N-dealkylation sites (tertiary alicyclic amines) is 1. The van der Waals surface area contributed by atoms with Crippen LogP contribution in [0.5, 0.6) is 0 Å². The molecule has 0 unspecified atom stereocenters. The molecule has 0 spiro atoms. The molecule has 2 aliphatic heterocycles. The maximum atomic E-state index is 13.4. The lowest BCUT2D eigenvalue weighted by atomic mass is 10.1. The highest BCUT2D eigenvalue weighted by molar-refractivity contribution is 7.89. The first kappa shape index (κ1) is 25.2. The van der Waals surface area contributed by atoms with Gasteiger partial charge in [0.2, 0.25) is 10.0 Å². The number of carbonyl (C=O) groups is 2. The fourth-order valence-electron chi connectivity index (χ4n) is 4.83. The van der Waals surface area contributed by atoms with Gasteiger partial charge in [-0.2, -0.15) is 0 Å². The first-order chi connectivity index (χ1) is 17.9. The topological polar surface area (TPSA) is 108 Å². The quantitative estimate of drug-likeness (QED) is 0.535. The lowest BCUT2D eigenvalue weighted by Crippen LogP contribution is -2.52. The van der Waals surface area contributed by atoms with Gasteiger partial charge in [0, 0.05) is 54.2 Å². The van der Waals surface area contributed by atoms with Gasteiger partial charge in [-0.25, -0.2) is 17.9 Å². The number of hydrogen-bond donors (Lipinski definition) is 2. The molecule has 0 bridgehead atoms. The van der Waals surface area contributed by atoms with E-state index in [4.69, 9.17) is 4.74 Å². The Morgan fingerprint density at radius 2 is 1.43 bits per heavy atom. The van der Waals surface area contributed by atoms with Crippen LogP contribution in [0.4, 0.5) is 10.5 Å². The monoisotopic (exact) mass is 522 g/mol. The van der Waals surface area contributed by atoms with Crippen molar-refractivity contribution >= 4 is 38.4 Å². The first-order valence-electron chi connectivity index (χ1n) is 12.4. The van der Waals surface area contributed by atoms with Crippen LogP contribution >= 0.6 is 0 Å². The smallest absolute Gasteiger partial charge is 0.320 e. The van der Waals surface area contributed by atoms with Gasteiger partial charge in [-0.05, 0) is 37.1 Å². The lowest BCUT2D eigenvalue weighted by Gasteiger charge is -2.37. The van der Waals surface area contributed by atoms with Gasteiger partial charge >= 0.3 is 6.03 Å². The minimum Gasteiger partial charge on any atom is -0.378 e. The zero-order valence-corrected chi connectivity index (χ0v) is 21.2. The van der Waals surface area contributed by atoms with Crippen LogP contribution in [0.3, 0.4) is 0 Å². The van der Waals surface area contributed by atoms with Gasteiger partial charge in [0.25, 0.3) is 5.91 Å². The number of urea groups is 1. The van der Waals surface area contributed by atoms with Crippen LogP contribution in [0, 0.1) is 0 Å². The molecule has 2 aliphatic rings. The molecule has 2 saturated heterocycles. The largest absolute Gasteiger partial charge is 0.378 e. The number of morpholine rings is 1. The minimum atomic E-state index is -3.84. The van der Waals surface area contributed by atoms with Gasteiger partial charge in [0.05, 0.1) is 18.1 Å². The number of nitrogens with zero attached hydrogens (tertiary/aromatic N) is 2. The van der Waals surface area contributed by atoms with E-state index in [0.29, 0.717) is 74.3 Å². The number of ether oxygens (including phenoxy) is 1. The van der Waals surface area contributed by atoms with E-state index in [2.05, 4.69) is 10.0 Å². The Kier molecular flexibility index (Phi) is 7.40. The molecule has 2 heterocycles. The van der Waals surface area contributed by atoms with Gasteiger partial charge in [0.15, 0.2) is 0 Å². The van der Waals surface area contributed by atoms with E-state index in [1.165, 1.54) is 0 Å². The maximum absolute atomic E-state index is 13.4. The molecule has 194 valence electrons. The zero-order chi connectivity index (χ0) is 25.8. The van der Waals surface area contributed by atoms with E-state index in [1.807, 2.05) is 6.07 Å². The van der Waals surface area contributed by atoms with Crippen molar-refractivity contribution in [1.29, 1.82) is 0 Å².